The number of carboxylic acids is 1. The normalized spacial score (nSPS) is 15.2. The van der Waals surface area contributed by atoms with Crippen molar-refractivity contribution in [2.75, 3.05) is 13.1 Å². The number of piperidine rings is 1. The summed E-state index contributed by atoms with van der Waals surface area (Å²) in [7, 11) is 1.51. The second-order valence-electron chi connectivity index (χ2n) is 10.7. The van der Waals surface area contributed by atoms with Gasteiger partial charge in [0.2, 0.25) is 0 Å². The predicted octanol–water partition coefficient (Wildman–Crippen LogP) is 5.72. The summed E-state index contributed by atoms with van der Waals surface area (Å²) >= 11 is 0. The number of carbonyl (C=O) groups is 1. The van der Waals surface area contributed by atoms with E-state index in [1.165, 1.54) is 28.9 Å². The van der Waals surface area contributed by atoms with Crippen LogP contribution in [0.15, 0.2) is 82.6 Å². The molecule has 8 nitrogen and oxygen atoms in total. The monoisotopic (exact) mass is 635 g/mol. The van der Waals surface area contributed by atoms with E-state index in [9.17, 15) is 41.0 Å². The fourth-order valence-corrected chi connectivity index (χ4v) is 5.16. The molecule has 0 spiro atoms. The molecule has 3 N–H and O–H groups in total. The van der Waals surface area contributed by atoms with Crippen LogP contribution in [0.1, 0.15) is 35.2 Å². The summed E-state index contributed by atoms with van der Waals surface area (Å²) in [5.74, 6) is -1.41. The molecule has 1 fully saturated rings. The maximum atomic E-state index is 13.6. The van der Waals surface area contributed by atoms with Gasteiger partial charge in [-0.3, -0.25) is 9.59 Å². The largest absolute Gasteiger partial charge is 0.481 e. The molecule has 0 unspecified atom stereocenters. The van der Waals surface area contributed by atoms with Gasteiger partial charge < -0.3 is 25.2 Å². The van der Waals surface area contributed by atoms with Crippen LogP contribution >= 0.6 is 0 Å². The van der Waals surface area contributed by atoms with Crippen molar-refractivity contribution in [1.82, 2.24) is 14.4 Å². The molecule has 1 aromatic heterocycles. The zero-order chi connectivity index (χ0) is 33.1. The maximum Gasteiger partial charge on any atom is 0.416 e. The van der Waals surface area contributed by atoms with Crippen molar-refractivity contribution in [3.05, 3.63) is 106 Å². The highest BCUT2D eigenvalue weighted by Gasteiger charge is 2.37. The smallest absolute Gasteiger partial charge is 0.416 e. The second-order valence-corrected chi connectivity index (χ2v) is 10.7. The number of hydrogen-bond acceptors (Lipinski definition) is 6. The molecule has 45 heavy (non-hydrogen) atoms. The van der Waals surface area contributed by atoms with Crippen molar-refractivity contribution in [2.24, 2.45) is 23.7 Å². The number of fused-ring (bicyclic) bond motifs is 1. The number of likely N-dealkylation sites (tertiary alicyclic amines) is 1. The van der Waals surface area contributed by atoms with E-state index in [1.807, 2.05) is 4.90 Å². The standard InChI is InChI=1S/C31H31F6N5O3/c1-19(39-16-26(15-38)41-9-7-21(8-10-41)29(44)45)42(18-25-13-22-5-3-4-6-27(22)28(43)40(25)2)17-20-11-23(30(32,33)34)14-24(12-20)31(35,36)37/h3-6,11-16,21H,1,7-10,17-18,38H2,2H3,(H,44,45)/b26-15+,39-16?. The van der Waals surface area contributed by atoms with Crippen molar-refractivity contribution < 1.29 is 36.2 Å². The van der Waals surface area contributed by atoms with E-state index in [4.69, 9.17) is 5.73 Å². The number of aromatic nitrogens is 1. The molecule has 0 aliphatic carbocycles. The molecule has 14 heteroatoms. The molecular weight excluding hydrogens is 604 g/mol. The van der Waals surface area contributed by atoms with Crippen LogP contribution in [-0.4, -0.2) is 44.7 Å². The van der Waals surface area contributed by atoms with Crippen molar-refractivity contribution >= 4 is 23.0 Å². The molecule has 1 saturated heterocycles. The number of halogens is 6. The Morgan fingerprint density at radius 1 is 1.04 bits per heavy atom. The third-order valence-corrected chi connectivity index (χ3v) is 7.71. The number of nitrogens with zero attached hydrogens (tertiary/aromatic N) is 4. The summed E-state index contributed by atoms with van der Waals surface area (Å²) in [6.07, 6.45) is -6.71. The highest BCUT2D eigenvalue weighted by Crippen LogP contribution is 2.37. The molecule has 0 bridgehead atoms. The lowest BCUT2D eigenvalue weighted by molar-refractivity contribution is -0.144. The number of allylic oxidation sites excluding steroid dienone is 1. The third-order valence-electron chi connectivity index (χ3n) is 7.71. The summed E-state index contributed by atoms with van der Waals surface area (Å²) < 4.78 is 83.0. The molecule has 4 rings (SSSR count). The molecule has 3 aromatic rings. The number of rotatable bonds is 9. The number of aliphatic carboxylic acids is 1. The van der Waals surface area contributed by atoms with E-state index >= 15 is 0 Å². The van der Waals surface area contributed by atoms with E-state index < -0.39 is 41.9 Å². The molecule has 1 aliphatic heterocycles. The van der Waals surface area contributed by atoms with Crippen LogP contribution in [0.5, 0.6) is 0 Å². The van der Waals surface area contributed by atoms with Crippen molar-refractivity contribution in [2.45, 2.75) is 38.3 Å². The average molecular weight is 636 g/mol. The van der Waals surface area contributed by atoms with E-state index in [2.05, 4.69) is 11.6 Å². The van der Waals surface area contributed by atoms with Gasteiger partial charge >= 0.3 is 18.3 Å². The molecule has 0 atom stereocenters. The Kier molecular flexibility index (Phi) is 9.64. The lowest BCUT2D eigenvalue weighted by Crippen LogP contribution is -2.36. The van der Waals surface area contributed by atoms with Crippen LogP contribution in [0.25, 0.3) is 10.8 Å². The molecule has 0 amide bonds. The Bertz CT molecular complexity index is 1670. The Morgan fingerprint density at radius 2 is 1.64 bits per heavy atom. The molecule has 2 heterocycles. The number of alkyl halides is 6. The first-order valence-corrected chi connectivity index (χ1v) is 13.8. The zero-order valence-corrected chi connectivity index (χ0v) is 24.2. The van der Waals surface area contributed by atoms with E-state index in [1.54, 1.807) is 30.3 Å². The number of benzene rings is 2. The Labute approximate surface area is 254 Å². The lowest BCUT2D eigenvalue weighted by Gasteiger charge is -2.32. The van der Waals surface area contributed by atoms with Gasteiger partial charge in [0.15, 0.2) is 0 Å². The van der Waals surface area contributed by atoms with Gasteiger partial charge in [-0.25, -0.2) is 4.99 Å². The van der Waals surface area contributed by atoms with Gasteiger partial charge in [0.1, 0.15) is 5.82 Å². The zero-order valence-electron chi connectivity index (χ0n) is 24.2. The van der Waals surface area contributed by atoms with Crippen molar-refractivity contribution in [3.63, 3.8) is 0 Å². The fourth-order valence-electron chi connectivity index (χ4n) is 5.16. The Morgan fingerprint density at radius 3 is 2.20 bits per heavy atom. The number of aliphatic imine (C=N–C) groups is 1. The molecule has 2 aromatic carbocycles. The molecule has 240 valence electrons. The van der Waals surface area contributed by atoms with Crippen molar-refractivity contribution in [3.8, 4) is 0 Å². The highest BCUT2D eigenvalue weighted by atomic mass is 19.4. The topological polar surface area (TPSA) is 104 Å². The minimum Gasteiger partial charge on any atom is -0.481 e. The van der Waals surface area contributed by atoms with Crippen LogP contribution in [0, 0.1) is 5.92 Å². The van der Waals surface area contributed by atoms with Gasteiger partial charge in [-0.15, -0.1) is 0 Å². The first-order valence-electron chi connectivity index (χ1n) is 13.8. The van der Waals surface area contributed by atoms with Gasteiger partial charge in [0, 0.05) is 44.0 Å². The van der Waals surface area contributed by atoms with Crippen LogP contribution in [0.3, 0.4) is 0 Å². The summed E-state index contributed by atoms with van der Waals surface area (Å²) in [6.45, 7) is 4.08. The number of carboxylic acid groups (broad SMARTS) is 1. The molecule has 0 radical (unpaired) electrons. The van der Waals surface area contributed by atoms with E-state index in [0.29, 0.717) is 60.2 Å². The quantitative estimate of drug-likeness (QED) is 0.231. The van der Waals surface area contributed by atoms with Gasteiger partial charge in [-0.2, -0.15) is 26.3 Å². The summed E-state index contributed by atoms with van der Waals surface area (Å²) in [6, 6.07) is 9.81. The molecule has 0 saturated carbocycles. The van der Waals surface area contributed by atoms with Gasteiger partial charge in [0.05, 0.1) is 35.5 Å². The van der Waals surface area contributed by atoms with Gasteiger partial charge in [0.25, 0.3) is 5.56 Å². The SMILES string of the molecule is C=C(N=C/C(=C\N)N1CCC(C(=O)O)CC1)N(Cc1cc(C(F)(F)F)cc(C(F)(F)F)c1)Cc1cc2ccccc2c(=O)n1C. The summed E-state index contributed by atoms with van der Waals surface area (Å²) in [4.78, 5) is 31.9. The first kappa shape index (κ1) is 33.1. The van der Waals surface area contributed by atoms with E-state index in [-0.39, 0.29) is 29.6 Å². The number of nitrogens with two attached hydrogens (primary N) is 1. The predicted molar refractivity (Wildman–Crippen MR) is 157 cm³/mol. The van der Waals surface area contributed by atoms with Crippen LogP contribution < -0.4 is 11.3 Å². The van der Waals surface area contributed by atoms with Gasteiger partial charge in [-0.05, 0) is 54.1 Å². The Hall–Kier alpha value is -4.75. The van der Waals surface area contributed by atoms with Crippen LogP contribution in [0.4, 0.5) is 26.3 Å². The average Bonchev–Trinajstić information content (AvgIpc) is 2.98. The minimum atomic E-state index is -5.03. The minimum absolute atomic E-state index is 0.0265. The van der Waals surface area contributed by atoms with Crippen LogP contribution in [-0.2, 0) is 37.3 Å². The van der Waals surface area contributed by atoms with Gasteiger partial charge in [-0.1, -0.05) is 24.8 Å². The van der Waals surface area contributed by atoms with Crippen molar-refractivity contribution in [1.29, 1.82) is 0 Å². The second kappa shape index (κ2) is 13.1. The lowest BCUT2D eigenvalue weighted by atomic mass is 9.97. The Balaban J connectivity index is 1.71. The van der Waals surface area contributed by atoms with E-state index in [0.717, 1.165) is 0 Å². The fraction of sp³-hybridized carbons (Fsp3) is 0.323. The third kappa shape index (κ3) is 7.86. The summed E-state index contributed by atoms with van der Waals surface area (Å²) in [5, 5.41) is 10.3. The van der Waals surface area contributed by atoms with Crippen LogP contribution in [0.2, 0.25) is 0 Å². The molecular formula is C31H31F6N5O3. The maximum absolute atomic E-state index is 13.6. The number of pyridine rings is 1. The number of hydrogen-bond donors (Lipinski definition) is 2. The summed E-state index contributed by atoms with van der Waals surface area (Å²) in [5.41, 5.74) is 3.08. The highest BCUT2D eigenvalue weighted by molar-refractivity contribution is 5.82. The first-order chi connectivity index (χ1) is 21.1. The molecule has 1 aliphatic rings.